The molecule has 27 heavy (non-hydrogen) atoms. The lowest BCUT2D eigenvalue weighted by Gasteiger charge is -2.34. The van der Waals surface area contributed by atoms with Crippen molar-refractivity contribution < 1.29 is 4.79 Å². The van der Waals surface area contributed by atoms with Crippen molar-refractivity contribution >= 4 is 11.7 Å². The Labute approximate surface area is 158 Å². The van der Waals surface area contributed by atoms with E-state index in [1.54, 1.807) is 6.20 Å². The van der Waals surface area contributed by atoms with Crippen LogP contribution in [0.1, 0.15) is 21.7 Å². The summed E-state index contributed by atoms with van der Waals surface area (Å²) in [6, 6.07) is 11.8. The van der Waals surface area contributed by atoms with E-state index in [0.717, 1.165) is 30.2 Å². The highest BCUT2D eigenvalue weighted by molar-refractivity contribution is 5.95. The molecule has 1 aromatic carbocycles. The third-order valence-corrected chi connectivity index (χ3v) is 4.83. The summed E-state index contributed by atoms with van der Waals surface area (Å²) in [5.74, 6) is 1.57. The van der Waals surface area contributed by atoms with Crippen LogP contribution in [0, 0.1) is 13.8 Å². The highest BCUT2D eigenvalue weighted by Crippen LogP contribution is 2.19. The molecule has 1 N–H and O–H groups in total. The summed E-state index contributed by atoms with van der Waals surface area (Å²) in [7, 11) is 0. The molecule has 0 radical (unpaired) electrons. The molecule has 0 spiro atoms. The van der Waals surface area contributed by atoms with E-state index in [1.807, 2.05) is 55.1 Å². The van der Waals surface area contributed by atoms with Gasteiger partial charge in [0.1, 0.15) is 0 Å². The van der Waals surface area contributed by atoms with Gasteiger partial charge in [-0.2, -0.15) is 5.10 Å². The fourth-order valence-corrected chi connectivity index (χ4v) is 3.28. The molecular weight excluding hydrogens is 340 g/mol. The van der Waals surface area contributed by atoms with Crippen LogP contribution in [0.25, 0.3) is 11.4 Å². The largest absolute Gasteiger partial charge is 0.352 e. The fraction of sp³-hybridized carbons (Fsp3) is 0.300. The van der Waals surface area contributed by atoms with Gasteiger partial charge >= 0.3 is 0 Å². The maximum atomic E-state index is 12.9. The first-order valence-electron chi connectivity index (χ1n) is 9.07. The Bertz CT molecular complexity index is 944. The van der Waals surface area contributed by atoms with Gasteiger partial charge in [0.05, 0.1) is 11.3 Å². The molecule has 7 heteroatoms. The number of aromatic amines is 1. The molecule has 7 nitrogen and oxygen atoms in total. The lowest BCUT2D eigenvalue weighted by Crippen LogP contribution is -2.49. The molecule has 0 atom stereocenters. The molecule has 2 aromatic heterocycles. The maximum absolute atomic E-state index is 12.9. The van der Waals surface area contributed by atoms with Crippen molar-refractivity contribution in [3.63, 3.8) is 0 Å². The van der Waals surface area contributed by atoms with Crippen molar-refractivity contribution in [2.24, 2.45) is 0 Å². The van der Waals surface area contributed by atoms with Gasteiger partial charge in [-0.1, -0.05) is 30.3 Å². The molecule has 1 saturated heterocycles. The Hall–Kier alpha value is -3.22. The molecule has 1 fully saturated rings. The van der Waals surface area contributed by atoms with Crippen LogP contribution in [-0.4, -0.2) is 57.2 Å². The molecule has 1 aliphatic rings. The Kier molecular flexibility index (Phi) is 4.58. The van der Waals surface area contributed by atoms with E-state index in [1.165, 1.54) is 0 Å². The molecular formula is C20H22N6O. The van der Waals surface area contributed by atoms with Gasteiger partial charge in [0.15, 0.2) is 11.6 Å². The number of nitrogens with zero attached hydrogens (tertiary/aromatic N) is 5. The van der Waals surface area contributed by atoms with Crippen LogP contribution in [0.2, 0.25) is 0 Å². The zero-order valence-corrected chi connectivity index (χ0v) is 15.5. The van der Waals surface area contributed by atoms with E-state index >= 15 is 0 Å². The molecule has 0 bridgehead atoms. The zero-order chi connectivity index (χ0) is 18.8. The van der Waals surface area contributed by atoms with Gasteiger partial charge in [0.2, 0.25) is 0 Å². The number of carbonyl (C=O) groups is 1. The average Bonchev–Trinajstić information content (AvgIpc) is 3.14. The van der Waals surface area contributed by atoms with E-state index in [9.17, 15) is 4.79 Å². The summed E-state index contributed by atoms with van der Waals surface area (Å²) in [5, 5.41) is 7.26. The van der Waals surface area contributed by atoms with Crippen molar-refractivity contribution in [2.45, 2.75) is 13.8 Å². The van der Waals surface area contributed by atoms with Crippen molar-refractivity contribution in [2.75, 3.05) is 31.1 Å². The SMILES string of the molecule is Cc1cc(N2CCN(C(=O)c3cnc(-c4ccccc4)nc3C)CC2)n[nH]1. The summed E-state index contributed by atoms with van der Waals surface area (Å²) >= 11 is 0. The topological polar surface area (TPSA) is 78.0 Å². The van der Waals surface area contributed by atoms with Crippen LogP contribution in [0.5, 0.6) is 0 Å². The van der Waals surface area contributed by atoms with Crippen molar-refractivity contribution in [3.8, 4) is 11.4 Å². The molecule has 3 aromatic rings. The highest BCUT2D eigenvalue weighted by Gasteiger charge is 2.25. The van der Waals surface area contributed by atoms with E-state index < -0.39 is 0 Å². The van der Waals surface area contributed by atoms with E-state index in [-0.39, 0.29) is 5.91 Å². The number of anilines is 1. The molecule has 4 rings (SSSR count). The number of benzene rings is 1. The molecule has 138 valence electrons. The van der Waals surface area contributed by atoms with Gasteiger partial charge in [-0.05, 0) is 13.8 Å². The second-order valence-corrected chi connectivity index (χ2v) is 6.75. The summed E-state index contributed by atoms with van der Waals surface area (Å²) in [4.78, 5) is 25.9. The first kappa shape index (κ1) is 17.2. The van der Waals surface area contributed by atoms with Gasteiger partial charge in [-0.25, -0.2) is 9.97 Å². The van der Waals surface area contributed by atoms with Crippen LogP contribution in [0.4, 0.5) is 5.82 Å². The van der Waals surface area contributed by atoms with E-state index in [0.29, 0.717) is 30.2 Å². The number of hydrogen-bond donors (Lipinski definition) is 1. The van der Waals surface area contributed by atoms with Crippen LogP contribution in [-0.2, 0) is 0 Å². The minimum atomic E-state index is -0.00929. The second-order valence-electron chi connectivity index (χ2n) is 6.75. The van der Waals surface area contributed by atoms with Crippen molar-refractivity contribution in [1.29, 1.82) is 0 Å². The fourth-order valence-electron chi connectivity index (χ4n) is 3.28. The molecule has 0 saturated carbocycles. The monoisotopic (exact) mass is 362 g/mol. The molecule has 3 heterocycles. The van der Waals surface area contributed by atoms with Crippen molar-refractivity contribution in [3.05, 3.63) is 59.5 Å². The lowest BCUT2D eigenvalue weighted by molar-refractivity contribution is 0.0745. The summed E-state index contributed by atoms with van der Waals surface area (Å²) in [5.41, 5.74) is 3.26. The predicted molar refractivity (Wildman–Crippen MR) is 104 cm³/mol. The molecule has 0 unspecified atom stereocenters. The normalized spacial score (nSPS) is 14.4. The van der Waals surface area contributed by atoms with Crippen LogP contribution >= 0.6 is 0 Å². The number of nitrogens with one attached hydrogen (secondary N) is 1. The number of rotatable bonds is 3. The zero-order valence-electron chi connectivity index (χ0n) is 15.5. The number of hydrogen-bond acceptors (Lipinski definition) is 5. The number of H-pyrrole nitrogens is 1. The van der Waals surface area contributed by atoms with Gasteiger partial charge in [-0.3, -0.25) is 9.89 Å². The number of aromatic nitrogens is 4. The first-order chi connectivity index (χ1) is 13.1. The highest BCUT2D eigenvalue weighted by atomic mass is 16.2. The smallest absolute Gasteiger partial charge is 0.257 e. The Morgan fingerprint density at radius 2 is 1.81 bits per heavy atom. The van der Waals surface area contributed by atoms with Gasteiger partial charge in [0.25, 0.3) is 5.91 Å². The van der Waals surface area contributed by atoms with Gasteiger partial charge in [0, 0.05) is 49.7 Å². The lowest BCUT2D eigenvalue weighted by atomic mass is 10.1. The average molecular weight is 362 g/mol. The number of aryl methyl sites for hydroxylation is 2. The summed E-state index contributed by atoms with van der Waals surface area (Å²) in [6.07, 6.45) is 1.65. The van der Waals surface area contributed by atoms with E-state index in [2.05, 4.69) is 25.1 Å². The minimum Gasteiger partial charge on any atom is -0.352 e. The quantitative estimate of drug-likeness (QED) is 0.774. The standard InChI is InChI=1S/C20H22N6O/c1-14-12-18(24-23-14)25-8-10-26(11-9-25)20(27)17-13-21-19(22-15(17)2)16-6-4-3-5-7-16/h3-7,12-13H,8-11H2,1-2H3,(H,23,24). The number of amides is 1. The van der Waals surface area contributed by atoms with Crippen LogP contribution in [0.15, 0.2) is 42.6 Å². The van der Waals surface area contributed by atoms with Gasteiger partial charge in [-0.15, -0.1) is 0 Å². The third kappa shape index (κ3) is 3.53. The van der Waals surface area contributed by atoms with Crippen molar-refractivity contribution in [1.82, 2.24) is 25.1 Å². The van der Waals surface area contributed by atoms with Gasteiger partial charge < -0.3 is 9.80 Å². The maximum Gasteiger partial charge on any atom is 0.257 e. The summed E-state index contributed by atoms with van der Waals surface area (Å²) < 4.78 is 0. The summed E-state index contributed by atoms with van der Waals surface area (Å²) in [6.45, 7) is 6.69. The Balaban J connectivity index is 1.46. The second kappa shape index (κ2) is 7.19. The molecule has 1 aliphatic heterocycles. The predicted octanol–water partition coefficient (Wildman–Crippen LogP) is 2.45. The minimum absolute atomic E-state index is 0.00929. The molecule has 0 aliphatic carbocycles. The third-order valence-electron chi connectivity index (χ3n) is 4.83. The number of carbonyl (C=O) groups excluding carboxylic acids is 1. The number of piperazine rings is 1. The molecule has 1 amide bonds. The van der Waals surface area contributed by atoms with Crippen LogP contribution < -0.4 is 4.90 Å². The van der Waals surface area contributed by atoms with E-state index in [4.69, 9.17) is 0 Å². The Morgan fingerprint density at radius 1 is 1.07 bits per heavy atom. The first-order valence-corrected chi connectivity index (χ1v) is 9.07. The van der Waals surface area contributed by atoms with Crippen LogP contribution in [0.3, 0.4) is 0 Å². The Morgan fingerprint density at radius 3 is 2.44 bits per heavy atom.